The van der Waals surface area contributed by atoms with E-state index in [4.69, 9.17) is 4.74 Å². The number of halogens is 1. The highest BCUT2D eigenvalue weighted by Gasteiger charge is 2.40. The van der Waals surface area contributed by atoms with Crippen LogP contribution in [0.5, 0.6) is 0 Å². The minimum Gasteiger partial charge on any atom is -0.381 e. The predicted molar refractivity (Wildman–Crippen MR) is 154 cm³/mol. The molecule has 0 unspecified atom stereocenters. The van der Waals surface area contributed by atoms with Crippen molar-refractivity contribution in [1.82, 2.24) is 4.90 Å². The van der Waals surface area contributed by atoms with E-state index in [1.807, 2.05) is 14.0 Å². The Bertz CT molecular complexity index is 855. The second-order valence-corrected chi connectivity index (χ2v) is 12.9. The van der Waals surface area contributed by atoms with Crippen LogP contribution in [0.4, 0.5) is 11.4 Å². The fourth-order valence-corrected chi connectivity index (χ4v) is 7.28. The Labute approximate surface area is 226 Å². The Hall–Kier alpha value is -1.30. The number of hydrogen-bond acceptors (Lipinski definition) is 5. The molecule has 36 heavy (non-hydrogen) atoms. The summed E-state index contributed by atoms with van der Waals surface area (Å²) in [5, 5.41) is 0. The Balaban J connectivity index is 0.00000361. The zero-order chi connectivity index (χ0) is 25.2. The normalized spacial score (nSPS) is 23.4. The average molecular weight is 520 g/mol. The van der Waals surface area contributed by atoms with Gasteiger partial charge in [-0.3, -0.25) is 9.69 Å². The zero-order valence-electron chi connectivity index (χ0n) is 23.6. The molecule has 1 aliphatic carbocycles. The molecular weight excluding hydrogens is 470 g/mol. The molecule has 0 atom stereocenters. The largest absolute Gasteiger partial charge is 0.381 e. The zero-order valence-corrected chi connectivity index (χ0v) is 24.5. The first-order valence-corrected chi connectivity index (χ1v) is 14.0. The van der Waals surface area contributed by atoms with E-state index in [1.54, 1.807) is 5.56 Å². The van der Waals surface area contributed by atoms with Gasteiger partial charge in [0.05, 0.1) is 12.6 Å². The van der Waals surface area contributed by atoms with Crippen molar-refractivity contribution in [2.75, 3.05) is 62.7 Å². The van der Waals surface area contributed by atoms with Crippen LogP contribution in [0.1, 0.15) is 84.6 Å². The Morgan fingerprint density at radius 2 is 1.56 bits per heavy atom. The molecule has 2 heterocycles. The number of carbonyl (C=O) groups is 1. The topological polar surface area (TPSA) is 36.0 Å². The average Bonchev–Trinajstić information content (AvgIpc) is 2.82. The second kappa shape index (κ2) is 12.0. The number of piperazine rings is 1. The third-order valence-electron chi connectivity index (χ3n) is 8.65. The van der Waals surface area contributed by atoms with Gasteiger partial charge in [0.1, 0.15) is 5.78 Å². The van der Waals surface area contributed by atoms with Crippen molar-refractivity contribution in [3.05, 3.63) is 23.8 Å². The lowest BCUT2D eigenvalue weighted by molar-refractivity contribution is -0.119. The van der Waals surface area contributed by atoms with Crippen LogP contribution in [0.2, 0.25) is 0 Å². The van der Waals surface area contributed by atoms with Gasteiger partial charge in [0.25, 0.3) is 0 Å². The molecule has 6 heteroatoms. The van der Waals surface area contributed by atoms with Crippen LogP contribution in [0, 0.1) is 10.8 Å². The molecule has 3 fully saturated rings. The van der Waals surface area contributed by atoms with Crippen molar-refractivity contribution < 1.29 is 9.53 Å². The highest BCUT2D eigenvalue weighted by atomic mass is 35.5. The van der Waals surface area contributed by atoms with Crippen LogP contribution < -0.4 is 9.80 Å². The SMILES string of the molecule is CCC(=O)CN1CCN(c2ccc(N3CCC(OC)CC3)cc2C2CC(C)(C)CC(C)(C)C2)CC1.Cl. The monoisotopic (exact) mass is 519 g/mol. The van der Waals surface area contributed by atoms with E-state index in [9.17, 15) is 4.79 Å². The van der Waals surface area contributed by atoms with Crippen molar-refractivity contribution >= 4 is 29.6 Å². The first kappa shape index (κ1) is 29.3. The fourth-order valence-electron chi connectivity index (χ4n) is 7.28. The molecule has 2 aliphatic heterocycles. The number of piperidine rings is 1. The van der Waals surface area contributed by atoms with Crippen LogP contribution in [-0.4, -0.2) is 69.7 Å². The summed E-state index contributed by atoms with van der Waals surface area (Å²) in [5.74, 6) is 0.937. The molecule has 5 nitrogen and oxygen atoms in total. The van der Waals surface area contributed by atoms with Gasteiger partial charge in [-0.05, 0) is 72.6 Å². The fraction of sp³-hybridized carbons (Fsp3) is 0.767. The molecule has 0 radical (unpaired) electrons. The molecule has 4 rings (SSSR count). The number of carbonyl (C=O) groups excluding carboxylic acids is 1. The lowest BCUT2D eigenvalue weighted by Crippen LogP contribution is -2.48. The first-order chi connectivity index (χ1) is 16.6. The quantitative estimate of drug-likeness (QED) is 0.432. The highest BCUT2D eigenvalue weighted by Crippen LogP contribution is 2.53. The van der Waals surface area contributed by atoms with Crippen molar-refractivity contribution in [1.29, 1.82) is 0 Å². The van der Waals surface area contributed by atoms with Crippen LogP contribution >= 0.6 is 12.4 Å². The van der Waals surface area contributed by atoms with Crippen LogP contribution in [0.15, 0.2) is 18.2 Å². The van der Waals surface area contributed by atoms with Crippen molar-refractivity contribution in [2.24, 2.45) is 10.8 Å². The van der Waals surface area contributed by atoms with Gasteiger partial charge < -0.3 is 14.5 Å². The van der Waals surface area contributed by atoms with Crippen LogP contribution in [0.3, 0.4) is 0 Å². The van der Waals surface area contributed by atoms with Crippen molar-refractivity contribution in [3.8, 4) is 0 Å². The molecular formula is C30H50ClN3O2. The number of methoxy groups -OCH3 is 1. The molecule has 1 aromatic rings. The third-order valence-corrected chi connectivity index (χ3v) is 8.65. The number of ketones is 1. The summed E-state index contributed by atoms with van der Waals surface area (Å²) >= 11 is 0. The maximum absolute atomic E-state index is 12.0. The summed E-state index contributed by atoms with van der Waals surface area (Å²) in [6, 6.07) is 7.31. The molecule has 0 bridgehead atoms. The van der Waals surface area contributed by atoms with Gasteiger partial charge in [0.2, 0.25) is 0 Å². The minimum absolute atomic E-state index is 0. The van der Waals surface area contributed by atoms with Crippen molar-refractivity contribution in [2.45, 2.75) is 85.2 Å². The summed E-state index contributed by atoms with van der Waals surface area (Å²) in [6.07, 6.45) is 7.06. The maximum Gasteiger partial charge on any atom is 0.146 e. The number of Topliss-reactive ketones (excluding diaryl/α,β-unsaturated/α-hetero) is 1. The number of nitrogens with zero attached hydrogens (tertiary/aromatic N) is 3. The first-order valence-electron chi connectivity index (χ1n) is 14.0. The number of hydrogen-bond donors (Lipinski definition) is 0. The summed E-state index contributed by atoms with van der Waals surface area (Å²) in [7, 11) is 1.84. The van der Waals surface area contributed by atoms with Gasteiger partial charge in [-0.2, -0.15) is 0 Å². The van der Waals surface area contributed by atoms with E-state index in [0.717, 1.165) is 52.1 Å². The summed E-state index contributed by atoms with van der Waals surface area (Å²) < 4.78 is 5.62. The smallest absolute Gasteiger partial charge is 0.146 e. The molecule has 1 saturated carbocycles. The van der Waals surface area contributed by atoms with E-state index in [-0.39, 0.29) is 12.4 Å². The molecule has 0 amide bonds. The summed E-state index contributed by atoms with van der Waals surface area (Å²) in [6.45, 7) is 18.5. The molecule has 2 saturated heterocycles. The Morgan fingerprint density at radius 1 is 0.944 bits per heavy atom. The van der Waals surface area contributed by atoms with E-state index in [2.05, 4.69) is 60.6 Å². The van der Waals surface area contributed by atoms with E-state index in [0.29, 0.717) is 41.6 Å². The van der Waals surface area contributed by atoms with Crippen LogP contribution in [-0.2, 0) is 9.53 Å². The Kier molecular flexibility index (Phi) is 9.79. The second-order valence-electron chi connectivity index (χ2n) is 12.9. The molecule has 1 aromatic carbocycles. The highest BCUT2D eigenvalue weighted by molar-refractivity contribution is 5.85. The standard InChI is InChI=1S/C30H49N3O2.ClH/c1-7-25(34)21-31-14-16-33(17-15-31)28-9-8-24(32-12-10-26(35-6)11-13-32)18-27(28)23-19-29(2,3)22-30(4,5)20-23;/h8-9,18,23,26H,7,10-17,19-22H2,1-6H3;1H. The van der Waals surface area contributed by atoms with Gasteiger partial charge in [0, 0.05) is 64.2 Å². The lowest BCUT2D eigenvalue weighted by atomic mass is 9.60. The molecule has 0 spiro atoms. The maximum atomic E-state index is 12.0. The Morgan fingerprint density at radius 3 is 2.11 bits per heavy atom. The molecule has 3 aliphatic rings. The predicted octanol–water partition coefficient (Wildman–Crippen LogP) is 6.14. The van der Waals surface area contributed by atoms with E-state index >= 15 is 0 Å². The van der Waals surface area contributed by atoms with Gasteiger partial charge in [-0.25, -0.2) is 0 Å². The number of benzene rings is 1. The van der Waals surface area contributed by atoms with Gasteiger partial charge in [-0.1, -0.05) is 34.6 Å². The van der Waals surface area contributed by atoms with Gasteiger partial charge in [-0.15, -0.1) is 12.4 Å². The molecule has 0 N–H and O–H groups in total. The number of anilines is 2. The van der Waals surface area contributed by atoms with Crippen LogP contribution in [0.25, 0.3) is 0 Å². The minimum atomic E-state index is 0. The van der Waals surface area contributed by atoms with Gasteiger partial charge in [0.15, 0.2) is 0 Å². The van der Waals surface area contributed by atoms with Gasteiger partial charge >= 0.3 is 0 Å². The van der Waals surface area contributed by atoms with E-state index < -0.39 is 0 Å². The number of ether oxygens (including phenoxy) is 1. The number of rotatable bonds is 7. The molecule has 204 valence electrons. The van der Waals surface area contributed by atoms with Crippen molar-refractivity contribution in [3.63, 3.8) is 0 Å². The lowest BCUT2D eigenvalue weighted by Gasteiger charge is -2.46. The third kappa shape index (κ3) is 7.17. The summed E-state index contributed by atoms with van der Waals surface area (Å²) in [4.78, 5) is 19.5. The van der Waals surface area contributed by atoms with E-state index in [1.165, 1.54) is 30.6 Å². The summed E-state index contributed by atoms with van der Waals surface area (Å²) in [5.41, 5.74) is 5.08. The molecule has 0 aromatic heterocycles.